The zero-order valence-corrected chi connectivity index (χ0v) is 8.95. The molecule has 4 nitrogen and oxygen atoms in total. The molecular formula is C11H15NO3. The molecule has 0 saturated carbocycles. The minimum atomic E-state index is -0.0167. The molecule has 0 atom stereocenters. The van der Waals surface area contributed by atoms with Crippen LogP contribution in [0.4, 0.5) is 0 Å². The molecule has 4 heteroatoms. The standard InChI is InChI=1S/C11H15NO3/c1-14-8-3-4-9(10(13)5-6-12)11(7-8)15-2/h3-4,7H,5-6,12H2,1-2H3. The number of carbonyl (C=O) groups is 1. The first kappa shape index (κ1) is 11.5. The van der Waals surface area contributed by atoms with Crippen molar-refractivity contribution < 1.29 is 14.3 Å². The molecule has 0 heterocycles. The molecule has 1 rings (SSSR count). The van der Waals surface area contributed by atoms with Crippen LogP contribution in [-0.4, -0.2) is 26.5 Å². The predicted molar refractivity (Wildman–Crippen MR) is 57.5 cm³/mol. The molecule has 82 valence electrons. The van der Waals surface area contributed by atoms with Gasteiger partial charge in [-0.15, -0.1) is 0 Å². The van der Waals surface area contributed by atoms with E-state index in [0.29, 0.717) is 30.0 Å². The molecule has 0 aliphatic rings. The van der Waals surface area contributed by atoms with Crippen LogP contribution in [0.3, 0.4) is 0 Å². The molecule has 0 aliphatic heterocycles. The number of hydrogen-bond acceptors (Lipinski definition) is 4. The van der Waals surface area contributed by atoms with Crippen LogP contribution < -0.4 is 15.2 Å². The van der Waals surface area contributed by atoms with Crippen LogP contribution in [-0.2, 0) is 0 Å². The van der Waals surface area contributed by atoms with Crippen LogP contribution in [0, 0.1) is 0 Å². The summed E-state index contributed by atoms with van der Waals surface area (Å²) in [6.45, 7) is 0.341. The highest BCUT2D eigenvalue weighted by Crippen LogP contribution is 2.25. The highest BCUT2D eigenvalue weighted by molar-refractivity contribution is 5.98. The number of methoxy groups -OCH3 is 2. The summed E-state index contributed by atoms with van der Waals surface area (Å²) >= 11 is 0. The lowest BCUT2D eigenvalue weighted by Gasteiger charge is -2.08. The molecule has 15 heavy (non-hydrogen) atoms. The number of ether oxygens (including phenoxy) is 2. The van der Waals surface area contributed by atoms with Gasteiger partial charge in [0.1, 0.15) is 11.5 Å². The average Bonchev–Trinajstić information content (AvgIpc) is 2.28. The van der Waals surface area contributed by atoms with E-state index in [4.69, 9.17) is 15.2 Å². The van der Waals surface area contributed by atoms with Gasteiger partial charge in [-0.25, -0.2) is 0 Å². The van der Waals surface area contributed by atoms with Gasteiger partial charge >= 0.3 is 0 Å². The van der Waals surface area contributed by atoms with Crippen molar-refractivity contribution in [3.63, 3.8) is 0 Å². The molecular weight excluding hydrogens is 194 g/mol. The number of benzene rings is 1. The van der Waals surface area contributed by atoms with Gasteiger partial charge in [-0.3, -0.25) is 4.79 Å². The van der Waals surface area contributed by atoms with E-state index >= 15 is 0 Å². The Morgan fingerprint density at radius 3 is 2.60 bits per heavy atom. The fraction of sp³-hybridized carbons (Fsp3) is 0.364. The fourth-order valence-electron chi connectivity index (χ4n) is 1.29. The second-order valence-corrected chi connectivity index (χ2v) is 3.03. The molecule has 0 spiro atoms. The fourth-order valence-corrected chi connectivity index (χ4v) is 1.29. The Bertz CT molecular complexity index is 350. The van der Waals surface area contributed by atoms with Gasteiger partial charge in [0.25, 0.3) is 0 Å². The van der Waals surface area contributed by atoms with Crippen LogP contribution in [0.15, 0.2) is 18.2 Å². The van der Waals surface area contributed by atoms with Gasteiger partial charge in [0.05, 0.1) is 19.8 Å². The van der Waals surface area contributed by atoms with Crippen molar-refractivity contribution in [1.29, 1.82) is 0 Å². The largest absolute Gasteiger partial charge is 0.497 e. The maximum absolute atomic E-state index is 11.6. The molecule has 0 fully saturated rings. The number of nitrogens with two attached hydrogens (primary N) is 1. The van der Waals surface area contributed by atoms with Gasteiger partial charge in [-0.1, -0.05) is 0 Å². The van der Waals surface area contributed by atoms with Gasteiger partial charge < -0.3 is 15.2 Å². The van der Waals surface area contributed by atoms with Crippen LogP contribution in [0.5, 0.6) is 11.5 Å². The summed E-state index contributed by atoms with van der Waals surface area (Å²) in [7, 11) is 3.09. The van der Waals surface area contributed by atoms with E-state index in [1.54, 1.807) is 25.3 Å². The second-order valence-electron chi connectivity index (χ2n) is 3.03. The van der Waals surface area contributed by atoms with E-state index in [9.17, 15) is 4.79 Å². The number of Topliss-reactive ketones (excluding diaryl/α,β-unsaturated/α-hetero) is 1. The lowest BCUT2D eigenvalue weighted by Crippen LogP contribution is -2.09. The first-order chi connectivity index (χ1) is 7.22. The average molecular weight is 209 g/mol. The number of rotatable bonds is 5. The van der Waals surface area contributed by atoms with Crippen molar-refractivity contribution in [2.45, 2.75) is 6.42 Å². The van der Waals surface area contributed by atoms with Crippen molar-refractivity contribution in [1.82, 2.24) is 0 Å². The Labute approximate surface area is 89.0 Å². The summed E-state index contributed by atoms with van der Waals surface area (Å²) in [6, 6.07) is 5.10. The van der Waals surface area contributed by atoms with Crippen molar-refractivity contribution in [3.8, 4) is 11.5 Å². The van der Waals surface area contributed by atoms with E-state index in [1.165, 1.54) is 7.11 Å². The van der Waals surface area contributed by atoms with E-state index < -0.39 is 0 Å². The van der Waals surface area contributed by atoms with Gasteiger partial charge in [-0.05, 0) is 18.7 Å². The smallest absolute Gasteiger partial charge is 0.167 e. The van der Waals surface area contributed by atoms with E-state index in [1.807, 2.05) is 0 Å². The first-order valence-corrected chi connectivity index (χ1v) is 4.68. The van der Waals surface area contributed by atoms with Crippen molar-refractivity contribution in [3.05, 3.63) is 23.8 Å². The number of hydrogen-bond donors (Lipinski definition) is 1. The normalized spacial score (nSPS) is 9.80. The van der Waals surface area contributed by atoms with Crippen LogP contribution in [0.1, 0.15) is 16.8 Å². The van der Waals surface area contributed by atoms with Crippen molar-refractivity contribution in [2.75, 3.05) is 20.8 Å². The van der Waals surface area contributed by atoms with Crippen LogP contribution >= 0.6 is 0 Å². The topological polar surface area (TPSA) is 61.5 Å². The maximum Gasteiger partial charge on any atom is 0.167 e. The quantitative estimate of drug-likeness (QED) is 0.741. The third-order valence-corrected chi connectivity index (χ3v) is 2.08. The zero-order valence-electron chi connectivity index (χ0n) is 8.95. The van der Waals surface area contributed by atoms with Gasteiger partial charge in [0.15, 0.2) is 5.78 Å². The Morgan fingerprint density at radius 1 is 1.33 bits per heavy atom. The lowest BCUT2D eigenvalue weighted by molar-refractivity contribution is 0.0982. The number of carbonyl (C=O) groups excluding carboxylic acids is 1. The highest BCUT2D eigenvalue weighted by atomic mass is 16.5. The molecule has 0 saturated heterocycles. The van der Waals surface area contributed by atoms with Gasteiger partial charge in [0, 0.05) is 12.5 Å². The molecule has 0 aromatic heterocycles. The van der Waals surface area contributed by atoms with Crippen molar-refractivity contribution >= 4 is 5.78 Å². The molecule has 0 radical (unpaired) electrons. The third-order valence-electron chi connectivity index (χ3n) is 2.08. The van der Waals surface area contributed by atoms with E-state index in [-0.39, 0.29) is 5.78 Å². The monoisotopic (exact) mass is 209 g/mol. The summed E-state index contributed by atoms with van der Waals surface area (Å²) in [4.78, 5) is 11.6. The Hall–Kier alpha value is -1.55. The summed E-state index contributed by atoms with van der Waals surface area (Å²) < 4.78 is 10.1. The molecule has 2 N–H and O–H groups in total. The van der Waals surface area contributed by atoms with E-state index in [2.05, 4.69) is 0 Å². The highest BCUT2D eigenvalue weighted by Gasteiger charge is 2.11. The zero-order chi connectivity index (χ0) is 11.3. The third kappa shape index (κ3) is 2.70. The minimum Gasteiger partial charge on any atom is -0.497 e. The molecule has 0 bridgehead atoms. The lowest BCUT2D eigenvalue weighted by atomic mass is 10.1. The summed E-state index contributed by atoms with van der Waals surface area (Å²) in [5.74, 6) is 1.17. The van der Waals surface area contributed by atoms with Crippen LogP contribution in [0.2, 0.25) is 0 Å². The first-order valence-electron chi connectivity index (χ1n) is 4.68. The second kappa shape index (κ2) is 5.36. The SMILES string of the molecule is COc1ccc(C(=O)CCN)c(OC)c1. The Kier molecular flexibility index (Phi) is 4.12. The Balaban J connectivity index is 3.02. The van der Waals surface area contributed by atoms with Crippen LogP contribution in [0.25, 0.3) is 0 Å². The summed E-state index contributed by atoms with van der Waals surface area (Å²) in [5, 5.41) is 0. The maximum atomic E-state index is 11.6. The minimum absolute atomic E-state index is 0.0167. The summed E-state index contributed by atoms with van der Waals surface area (Å²) in [5.41, 5.74) is 5.87. The molecule has 1 aromatic carbocycles. The molecule has 1 aromatic rings. The number of ketones is 1. The van der Waals surface area contributed by atoms with Gasteiger partial charge in [-0.2, -0.15) is 0 Å². The Morgan fingerprint density at radius 2 is 2.07 bits per heavy atom. The van der Waals surface area contributed by atoms with Gasteiger partial charge in [0.2, 0.25) is 0 Å². The predicted octanol–water partition coefficient (Wildman–Crippen LogP) is 1.24. The summed E-state index contributed by atoms with van der Waals surface area (Å²) in [6.07, 6.45) is 0.322. The van der Waals surface area contributed by atoms with E-state index in [0.717, 1.165) is 0 Å². The molecule has 0 unspecified atom stereocenters. The molecule has 0 amide bonds. The van der Waals surface area contributed by atoms with Crippen molar-refractivity contribution in [2.24, 2.45) is 5.73 Å². The molecule has 0 aliphatic carbocycles.